The van der Waals surface area contributed by atoms with Gasteiger partial charge in [0.15, 0.2) is 5.78 Å². The second kappa shape index (κ2) is 7.72. The van der Waals surface area contributed by atoms with Crippen LogP contribution in [-0.2, 0) is 9.53 Å². The van der Waals surface area contributed by atoms with Gasteiger partial charge in [0.05, 0.1) is 6.10 Å². The Kier molecular flexibility index (Phi) is 6.26. The number of unbranched alkanes of at least 4 members (excludes halogenated alkanes) is 1. The molecule has 1 atom stereocenters. The number of esters is 1. The van der Waals surface area contributed by atoms with Crippen LogP contribution in [0.4, 0.5) is 0 Å². The molecule has 0 bridgehead atoms. The highest BCUT2D eigenvalue weighted by Crippen LogP contribution is 2.18. The fourth-order valence-electron chi connectivity index (χ4n) is 1.88. The highest BCUT2D eigenvalue weighted by atomic mass is 16.5. The van der Waals surface area contributed by atoms with Gasteiger partial charge in [0.1, 0.15) is 5.92 Å². The van der Waals surface area contributed by atoms with Gasteiger partial charge in [-0.25, -0.2) is 0 Å². The Labute approximate surface area is 115 Å². The van der Waals surface area contributed by atoms with Crippen LogP contribution < -0.4 is 0 Å². The van der Waals surface area contributed by atoms with Crippen LogP contribution in [0.5, 0.6) is 0 Å². The van der Waals surface area contributed by atoms with E-state index < -0.39 is 11.9 Å². The number of carbonyl (C=O) groups is 2. The van der Waals surface area contributed by atoms with Crippen molar-refractivity contribution < 1.29 is 14.3 Å². The van der Waals surface area contributed by atoms with Crippen LogP contribution in [0.2, 0.25) is 0 Å². The molecule has 3 nitrogen and oxygen atoms in total. The van der Waals surface area contributed by atoms with E-state index in [1.54, 1.807) is 38.1 Å². The summed E-state index contributed by atoms with van der Waals surface area (Å²) in [4.78, 5) is 24.4. The number of hydrogen-bond donors (Lipinski definition) is 0. The molecule has 0 spiro atoms. The van der Waals surface area contributed by atoms with E-state index in [9.17, 15) is 9.59 Å². The maximum Gasteiger partial charge on any atom is 0.317 e. The third kappa shape index (κ3) is 4.86. The predicted octanol–water partition coefficient (Wildman–Crippen LogP) is 3.63. The Bertz CT molecular complexity index is 409. The molecule has 1 aromatic carbocycles. The first-order valence-electron chi connectivity index (χ1n) is 6.86. The molecule has 3 heteroatoms. The number of ether oxygens (including phenoxy) is 1. The molecule has 19 heavy (non-hydrogen) atoms. The zero-order valence-corrected chi connectivity index (χ0v) is 11.9. The van der Waals surface area contributed by atoms with Crippen LogP contribution in [-0.4, -0.2) is 17.9 Å². The Hall–Kier alpha value is -1.64. The molecule has 0 aliphatic heterocycles. The van der Waals surface area contributed by atoms with Crippen LogP contribution in [0.3, 0.4) is 0 Å². The van der Waals surface area contributed by atoms with Gasteiger partial charge in [0.2, 0.25) is 0 Å². The summed E-state index contributed by atoms with van der Waals surface area (Å²) in [6, 6.07) is 8.94. The largest absolute Gasteiger partial charge is 0.462 e. The third-order valence-electron chi connectivity index (χ3n) is 2.86. The molecule has 0 fully saturated rings. The summed E-state index contributed by atoms with van der Waals surface area (Å²) in [7, 11) is 0. The Balaban J connectivity index is 2.84. The van der Waals surface area contributed by atoms with Gasteiger partial charge in [-0.05, 0) is 20.3 Å². The molecule has 0 saturated heterocycles. The highest BCUT2D eigenvalue weighted by molar-refractivity contribution is 6.08. The van der Waals surface area contributed by atoms with E-state index in [4.69, 9.17) is 4.74 Å². The second-order valence-electron chi connectivity index (χ2n) is 4.91. The topological polar surface area (TPSA) is 43.4 Å². The zero-order chi connectivity index (χ0) is 14.3. The quantitative estimate of drug-likeness (QED) is 0.428. The van der Waals surface area contributed by atoms with E-state index in [1.165, 1.54) is 0 Å². The minimum absolute atomic E-state index is 0.139. The Morgan fingerprint density at radius 2 is 1.79 bits per heavy atom. The molecule has 1 aromatic rings. The van der Waals surface area contributed by atoms with Crippen LogP contribution in [0.1, 0.15) is 50.4 Å². The Morgan fingerprint density at radius 3 is 2.32 bits per heavy atom. The number of benzene rings is 1. The molecular weight excluding hydrogens is 240 g/mol. The molecule has 0 aliphatic rings. The van der Waals surface area contributed by atoms with Crippen molar-refractivity contribution in [2.45, 2.75) is 46.1 Å². The monoisotopic (exact) mass is 262 g/mol. The fourth-order valence-corrected chi connectivity index (χ4v) is 1.88. The molecule has 0 heterocycles. The lowest BCUT2D eigenvalue weighted by Crippen LogP contribution is -2.28. The standard InChI is InChI=1S/C16H22O3/c1-4-5-11-14(16(18)19-12(2)3)15(17)13-9-7-6-8-10-13/h6-10,12,14H,4-5,11H2,1-3H3. The summed E-state index contributed by atoms with van der Waals surface area (Å²) in [6.45, 7) is 5.63. The third-order valence-corrected chi connectivity index (χ3v) is 2.86. The highest BCUT2D eigenvalue weighted by Gasteiger charge is 2.28. The first-order chi connectivity index (χ1) is 9.06. The first-order valence-corrected chi connectivity index (χ1v) is 6.86. The van der Waals surface area contributed by atoms with Crippen molar-refractivity contribution in [1.82, 2.24) is 0 Å². The summed E-state index contributed by atoms with van der Waals surface area (Å²) in [5, 5.41) is 0. The van der Waals surface area contributed by atoms with Crippen molar-refractivity contribution in [3.05, 3.63) is 35.9 Å². The predicted molar refractivity (Wildman–Crippen MR) is 75.0 cm³/mol. The van der Waals surface area contributed by atoms with Crippen LogP contribution in [0, 0.1) is 5.92 Å². The van der Waals surface area contributed by atoms with E-state index in [0.29, 0.717) is 12.0 Å². The van der Waals surface area contributed by atoms with Crippen LogP contribution in [0.15, 0.2) is 30.3 Å². The molecule has 0 aliphatic carbocycles. The SMILES string of the molecule is CCCCC(C(=O)OC(C)C)C(=O)c1ccccc1. The average molecular weight is 262 g/mol. The minimum atomic E-state index is -0.676. The van der Waals surface area contributed by atoms with Gasteiger partial charge in [0.25, 0.3) is 0 Å². The average Bonchev–Trinajstić information content (AvgIpc) is 2.39. The molecule has 0 amide bonds. The maximum atomic E-state index is 12.4. The van der Waals surface area contributed by atoms with E-state index in [1.807, 2.05) is 13.0 Å². The number of hydrogen-bond acceptors (Lipinski definition) is 3. The maximum absolute atomic E-state index is 12.4. The summed E-state index contributed by atoms with van der Waals surface area (Å²) >= 11 is 0. The summed E-state index contributed by atoms with van der Waals surface area (Å²) < 4.78 is 5.19. The van der Waals surface area contributed by atoms with E-state index in [-0.39, 0.29) is 11.9 Å². The van der Waals surface area contributed by atoms with Gasteiger partial charge >= 0.3 is 5.97 Å². The summed E-state index contributed by atoms with van der Waals surface area (Å²) in [5.74, 6) is -1.22. The summed E-state index contributed by atoms with van der Waals surface area (Å²) in [6.07, 6.45) is 2.15. The van der Waals surface area contributed by atoms with Crippen molar-refractivity contribution >= 4 is 11.8 Å². The lowest BCUT2D eigenvalue weighted by molar-refractivity contribution is -0.150. The van der Waals surface area contributed by atoms with Crippen molar-refractivity contribution in [2.75, 3.05) is 0 Å². The lowest BCUT2D eigenvalue weighted by atomic mass is 9.93. The molecule has 0 saturated carbocycles. The van der Waals surface area contributed by atoms with Crippen LogP contribution >= 0.6 is 0 Å². The molecule has 104 valence electrons. The van der Waals surface area contributed by atoms with Gasteiger partial charge < -0.3 is 4.74 Å². The second-order valence-corrected chi connectivity index (χ2v) is 4.91. The number of rotatable bonds is 7. The van der Waals surface area contributed by atoms with Gasteiger partial charge in [-0.1, -0.05) is 50.1 Å². The number of carbonyl (C=O) groups excluding carboxylic acids is 2. The minimum Gasteiger partial charge on any atom is -0.462 e. The number of ketones is 1. The van der Waals surface area contributed by atoms with Gasteiger partial charge in [0, 0.05) is 5.56 Å². The molecule has 1 unspecified atom stereocenters. The van der Waals surface area contributed by atoms with Crippen molar-refractivity contribution in [1.29, 1.82) is 0 Å². The molecular formula is C16H22O3. The summed E-state index contributed by atoms with van der Waals surface area (Å²) in [5.41, 5.74) is 0.573. The van der Waals surface area contributed by atoms with Gasteiger partial charge in [-0.15, -0.1) is 0 Å². The molecule has 1 rings (SSSR count). The zero-order valence-electron chi connectivity index (χ0n) is 11.9. The molecule has 0 radical (unpaired) electrons. The van der Waals surface area contributed by atoms with E-state index >= 15 is 0 Å². The van der Waals surface area contributed by atoms with Crippen LogP contribution in [0.25, 0.3) is 0 Å². The van der Waals surface area contributed by atoms with Crippen molar-refractivity contribution in [2.24, 2.45) is 5.92 Å². The Morgan fingerprint density at radius 1 is 1.16 bits per heavy atom. The first kappa shape index (κ1) is 15.4. The van der Waals surface area contributed by atoms with E-state index in [0.717, 1.165) is 12.8 Å². The van der Waals surface area contributed by atoms with Crippen molar-refractivity contribution in [3.8, 4) is 0 Å². The van der Waals surface area contributed by atoms with E-state index in [2.05, 4.69) is 0 Å². The van der Waals surface area contributed by atoms with Gasteiger partial charge in [-0.2, -0.15) is 0 Å². The number of Topliss-reactive ketones (excluding diaryl/α,β-unsaturated/α-hetero) is 1. The fraction of sp³-hybridized carbons (Fsp3) is 0.500. The van der Waals surface area contributed by atoms with Gasteiger partial charge in [-0.3, -0.25) is 9.59 Å². The molecule has 0 N–H and O–H groups in total. The van der Waals surface area contributed by atoms with Crippen molar-refractivity contribution in [3.63, 3.8) is 0 Å². The smallest absolute Gasteiger partial charge is 0.317 e. The molecule has 0 aromatic heterocycles. The lowest BCUT2D eigenvalue weighted by Gasteiger charge is -2.16. The normalized spacial score (nSPS) is 12.2.